The van der Waals surface area contributed by atoms with Crippen LogP contribution < -0.4 is 4.90 Å². The Kier molecular flexibility index (Phi) is 3.22. The first-order valence-corrected chi connectivity index (χ1v) is 6.75. The zero-order valence-electron chi connectivity index (χ0n) is 12.0. The molecule has 1 aliphatic rings. The highest BCUT2D eigenvalue weighted by Gasteiger charge is 2.37. The van der Waals surface area contributed by atoms with Crippen LogP contribution in [-0.2, 0) is 0 Å². The largest absolute Gasteiger partial charge is 0.364 e. The van der Waals surface area contributed by atoms with Gasteiger partial charge in [-0.2, -0.15) is 0 Å². The minimum atomic E-state index is 0.170. The quantitative estimate of drug-likeness (QED) is 0.734. The van der Waals surface area contributed by atoms with Crippen LogP contribution in [0.4, 0.5) is 5.69 Å². The van der Waals surface area contributed by atoms with Crippen LogP contribution in [0.3, 0.4) is 0 Å². The monoisotopic (exact) mass is 245 g/mol. The Labute approximate surface area is 110 Å². The highest BCUT2D eigenvalue weighted by atomic mass is 16.1. The van der Waals surface area contributed by atoms with Crippen LogP contribution in [0, 0.1) is 0 Å². The van der Waals surface area contributed by atoms with Crippen molar-refractivity contribution in [2.24, 2.45) is 0 Å². The molecule has 1 atom stereocenters. The fourth-order valence-electron chi connectivity index (χ4n) is 3.52. The maximum Gasteiger partial charge on any atom is 0.150 e. The first-order chi connectivity index (χ1) is 8.36. The summed E-state index contributed by atoms with van der Waals surface area (Å²) in [6.45, 7) is 11.3. The van der Waals surface area contributed by atoms with Crippen molar-refractivity contribution >= 4 is 12.0 Å². The Hall–Kier alpha value is -1.31. The smallest absolute Gasteiger partial charge is 0.150 e. The molecule has 0 saturated carbocycles. The Balaban J connectivity index is 2.58. The molecule has 0 amide bonds. The Bertz CT molecular complexity index is 462. The van der Waals surface area contributed by atoms with E-state index in [9.17, 15) is 4.79 Å². The fourth-order valence-corrected chi connectivity index (χ4v) is 3.52. The number of hydrogen-bond donors (Lipinski definition) is 0. The van der Waals surface area contributed by atoms with Crippen LogP contribution in [-0.4, -0.2) is 17.9 Å². The van der Waals surface area contributed by atoms with Crippen molar-refractivity contribution in [3.63, 3.8) is 0 Å². The average Bonchev–Trinajstić information content (AvgIpc) is 2.26. The van der Waals surface area contributed by atoms with E-state index in [2.05, 4.69) is 51.7 Å². The predicted octanol–water partition coefficient (Wildman–Crippen LogP) is 4.00. The summed E-state index contributed by atoms with van der Waals surface area (Å²) in [7, 11) is 0. The number of benzene rings is 1. The minimum Gasteiger partial charge on any atom is -0.364 e. The molecule has 1 aromatic rings. The molecule has 0 N–H and O–H groups in total. The molecule has 2 heteroatoms. The van der Waals surface area contributed by atoms with E-state index < -0.39 is 0 Å². The summed E-state index contributed by atoms with van der Waals surface area (Å²) < 4.78 is 0. The van der Waals surface area contributed by atoms with Crippen molar-refractivity contribution in [1.82, 2.24) is 0 Å². The number of hydrogen-bond acceptors (Lipinski definition) is 2. The number of anilines is 1. The summed E-state index contributed by atoms with van der Waals surface area (Å²) >= 11 is 0. The first kappa shape index (κ1) is 13.1. The summed E-state index contributed by atoms with van der Waals surface area (Å²) in [5.74, 6) is 0.505. The molecule has 1 aliphatic heterocycles. The fraction of sp³-hybridized carbons (Fsp3) is 0.562. The van der Waals surface area contributed by atoms with E-state index in [4.69, 9.17) is 0 Å². The third-order valence-electron chi connectivity index (χ3n) is 3.95. The molecular formula is C16H23NO. The highest BCUT2D eigenvalue weighted by molar-refractivity contribution is 5.77. The molecular weight excluding hydrogens is 222 g/mol. The lowest BCUT2D eigenvalue weighted by molar-refractivity contribution is 0.112. The third-order valence-corrected chi connectivity index (χ3v) is 3.95. The molecule has 0 fully saturated rings. The number of carbonyl (C=O) groups excluding carboxylic acids is 1. The van der Waals surface area contributed by atoms with E-state index in [-0.39, 0.29) is 5.54 Å². The molecule has 98 valence electrons. The molecule has 0 unspecified atom stereocenters. The second kappa shape index (κ2) is 4.42. The zero-order chi connectivity index (χ0) is 13.5. The first-order valence-electron chi connectivity index (χ1n) is 6.75. The Morgan fingerprint density at radius 3 is 2.61 bits per heavy atom. The van der Waals surface area contributed by atoms with Gasteiger partial charge in [0.2, 0.25) is 0 Å². The van der Waals surface area contributed by atoms with Gasteiger partial charge in [0, 0.05) is 22.8 Å². The zero-order valence-corrected chi connectivity index (χ0v) is 12.0. The maximum absolute atomic E-state index is 10.9. The Morgan fingerprint density at radius 1 is 1.39 bits per heavy atom. The standard InChI is InChI=1S/C16H23NO/c1-11(2)17-15-7-6-13(10-18)8-14(15)12(3)9-16(17,4)5/h6-8,10-12H,9H2,1-5H3/t12-/m0/s1. The number of aldehydes is 1. The van der Waals surface area contributed by atoms with E-state index in [1.165, 1.54) is 11.3 Å². The summed E-state index contributed by atoms with van der Waals surface area (Å²) in [5.41, 5.74) is 3.56. The van der Waals surface area contributed by atoms with Gasteiger partial charge in [-0.05, 0) is 63.8 Å². The third kappa shape index (κ3) is 2.05. The summed E-state index contributed by atoms with van der Waals surface area (Å²) in [4.78, 5) is 13.4. The van der Waals surface area contributed by atoms with Crippen LogP contribution in [0.1, 0.15) is 62.9 Å². The van der Waals surface area contributed by atoms with Crippen LogP contribution >= 0.6 is 0 Å². The van der Waals surface area contributed by atoms with Gasteiger partial charge in [0.1, 0.15) is 6.29 Å². The molecule has 0 aromatic heterocycles. The Morgan fingerprint density at radius 2 is 2.06 bits per heavy atom. The molecule has 0 radical (unpaired) electrons. The summed E-state index contributed by atoms with van der Waals surface area (Å²) in [6, 6.07) is 6.55. The number of nitrogens with zero attached hydrogens (tertiary/aromatic N) is 1. The molecule has 1 aromatic carbocycles. The molecule has 0 aliphatic carbocycles. The topological polar surface area (TPSA) is 20.3 Å². The van der Waals surface area contributed by atoms with Gasteiger partial charge in [0.05, 0.1) is 0 Å². The second-order valence-electron chi connectivity index (χ2n) is 6.32. The lowest BCUT2D eigenvalue weighted by Crippen LogP contribution is -2.51. The molecule has 0 saturated heterocycles. The molecule has 0 spiro atoms. The van der Waals surface area contributed by atoms with Crippen LogP contribution in [0.5, 0.6) is 0 Å². The second-order valence-corrected chi connectivity index (χ2v) is 6.32. The van der Waals surface area contributed by atoms with Crippen LogP contribution in [0.15, 0.2) is 18.2 Å². The van der Waals surface area contributed by atoms with Gasteiger partial charge in [-0.1, -0.05) is 6.92 Å². The van der Waals surface area contributed by atoms with Gasteiger partial charge in [-0.3, -0.25) is 4.79 Å². The van der Waals surface area contributed by atoms with E-state index in [0.29, 0.717) is 12.0 Å². The van der Waals surface area contributed by atoms with Crippen molar-refractivity contribution in [2.45, 2.75) is 58.5 Å². The van der Waals surface area contributed by atoms with Crippen molar-refractivity contribution in [3.8, 4) is 0 Å². The molecule has 0 bridgehead atoms. The van der Waals surface area contributed by atoms with E-state index in [0.717, 1.165) is 18.3 Å². The number of fused-ring (bicyclic) bond motifs is 1. The van der Waals surface area contributed by atoms with Gasteiger partial charge >= 0.3 is 0 Å². The lowest BCUT2D eigenvalue weighted by Gasteiger charge is -2.50. The minimum absolute atomic E-state index is 0.170. The highest BCUT2D eigenvalue weighted by Crippen LogP contribution is 2.44. The average molecular weight is 245 g/mol. The van der Waals surface area contributed by atoms with Gasteiger partial charge < -0.3 is 4.90 Å². The molecule has 2 nitrogen and oxygen atoms in total. The van der Waals surface area contributed by atoms with Gasteiger partial charge in [0.25, 0.3) is 0 Å². The molecule has 18 heavy (non-hydrogen) atoms. The maximum atomic E-state index is 10.9. The SMILES string of the molecule is CC(C)N1c2ccc(C=O)cc2[C@@H](C)CC1(C)C. The lowest BCUT2D eigenvalue weighted by atomic mass is 9.79. The van der Waals surface area contributed by atoms with E-state index in [1.807, 2.05) is 6.07 Å². The van der Waals surface area contributed by atoms with Crippen molar-refractivity contribution < 1.29 is 4.79 Å². The predicted molar refractivity (Wildman–Crippen MR) is 76.6 cm³/mol. The van der Waals surface area contributed by atoms with E-state index in [1.54, 1.807) is 0 Å². The van der Waals surface area contributed by atoms with Gasteiger partial charge in [0.15, 0.2) is 0 Å². The summed E-state index contributed by atoms with van der Waals surface area (Å²) in [6.07, 6.45) is 2.06. The van der Waals surface area contributed by atoms with Gasteiger partial charge in [-0.25, -0.2) is 0 Å². The van der Waals surface area contributed by atoms with Crippen molar-refractivity contribution in [3.05, 3.63) is 29.3 Å². The van der Waals surface area contributed by atoms with E-state index >= 15 is 0 Å². The van der Waals surface area contributed by atoms with Crippen LogP contribution in [0.25, 0.3) is 0 Å². The van der Waals surface area contributed by atoms with Crippen LogP contribution in [0.2, 0.25) is 0 Å². The van der Waals surface area contributed by atoms with Crippen molar-refractivity contribution in [1.29, 1.82) is 0 Å². The number of carbonyl (C=O) groups is 1. The molecule has 2 rings (SSSR count). The molecule has 1 heterocycles. The normalized spacial score (nSPS) is 21.9. The summed E-state index contributed by atoms with van der Waals surface area (Å²) in [5, 5.41) is 0. The van der Waals surface area contributed by atoms with Gasteiger partial charge in [-0.15, -0.1) is 0 Å². The number of rotatable bonds is 2. The van der Waals surface area contributed by atoms with Crippen molar-refractivity contribution in [2.75, 3.05) is 4.90 Å².